The fourth-order valence-electron chi connectivity index (χ4n) is 1.08. The second-order valence-electron chi connectivity index (χ2n) is 2.58. The van der Waals surface area contributed by atoms with Gasteiger partial charge >= 0.3 is 0 Å². The number of nitrogens with zero attached hydrogens (tertiary/aromatic N) is 3. The molecule has 0 atom stereocenters. The second kappa shape index (κ2) is 3.49. The maximum Gasteiger partial charge on any atom is 0.180 e. The molecule has 0 aromatic carbocycles. The van der Waals surface area contributed by atoms with Crippen LogP contribution in [0.4, 0.5) is 0 Å². The zero-order valence-electron chi connectivity index (χ0n) is 7.32. The summed E-state index contributed by atoms with van der Waals surface area (Å²) in [6.07, 6.45) is 3.18. The van der Waals surface area contributed by atoms with E-state index in [4.69, 9.17) is 4.74 Å². The summed E-state index contributed by atoms with van der Waals surface area (Å²) < 4.78 is 5.21. The molecule has 0 bridgehead atoms. The minimum Gasteiger partial charge on any atom is -0.374 e. The number of nitrogens with one attached hydrogen (secondary N) is 1. The maximum atomic E-state index is 5.21. The van der Waals surface area contributed by atoms with Crippen molar-refractivity contribution in [3.8, 4) is 0 Å². The van der Waals surface area contributed by atoms with Crippen LogP contribution in [0.15, 0.2) is 12.5 Å². The van der Waals surface area contributed by atoms with Crippen molar-refractivity contribution in [3.05, 3.63) is 18.3 Å². The van der Waals surface area contributed by atoms with E-state index in [9.17, 15) is 0 Å². The molecule has 0 fully saturated rings. The Morgan fingerprint density at radius 3 is 3.23 bits per heavy atom. The fraction of sp³-hybridized carbons (Fsp3) is 0.375. The van der Waals surface area contributed by atoms with Crippen molar-refractivity contribution in [2.24, 2.45) is 0 Å². The number of aromatic amines is 1. The summed E-state index contributed by atoms with van der Waals surface area (Å²) in [6, 6.07) is 0. The summed E-state index contributed by atoms with van der Waals surface area (Å²) in [6.45, 7) is 3.12. The molecule has 0 amide bonds. The summed E-state index contributed by atoms with van der Waals surface area (Å²) in [7, 11) is 0. The van der Waals surface area contributed by atoms with Gasteiger partial charge in [0.1, 0.15) is 24.3 Å². The quantitative estimate of drug-likeness (QED) is 0.758. The molecule has 0 unspecified atom stereocenters. The van der Waals surface area contributed by atoms with E-state index in [0.717, 1.165) is 11.3 Å². The van der Waals surface area contributed by atoms with Gasteiger partial charge in [-0.2, -0.15) is 0 Å². The molecule has 2 aromatic heterocycles. The molecular weight excluding hydrogens is 168 g/mol. The molecule has 0 aliphatic carbocycles. The third kappa shape index (κ3) is 1.65. The number of H-pyrrole nitrogens is 1. The Labute approximate surface area is 75.2 Å². The van der Waals surface area contributed by atoms with Crippen molar-refractivity contribution in [2.45, 2.75) is 13.5 Å². The van der Waals surface area contributed by atoms with Crippen LogP contribution in [0, 0.1) is 0 Å². The van der Waals surface area contributed by atoms with Crippen LogP contribution in [0.2, 0.25) is 0 Å². The molecule has 1 N–H and O–H groups in total. The van der Waals surface area contributed by atoms with Gasteiger partial charge in [0.2, 0.25) is 0 Å². The van der Waals surface area contributed by atoms with Crippen LogP contribution < -0.4 is 0 Å². The van der Waals surface area contributed by atoms with Crippen molar-refractivity contribution >= 4 is 11.2 Å². The summed E-state index contributed by atoms with van der Waals surface area (Å²) in [5.74, 6) is 0.789. The van der Waals surface area contributed by atoms with Crippen LogP contribution >= 0.6 is 0 Å². The molecule has 68 valence electrons. The van der Waals surface area contributed by atoms with Crippen molar-refractivity contribution in [2.75, 3.05) is 6.61 Å². The van der Waals surface area contributed by atoms with E-state index >= 15 is 0 Å². The lowest BCUT2D eigenvalue weighted by Crippen LogP contribution is -1.93. The molecule has 2 rings (SSSR count). The third-order valence-electron chi connectivity index (χ3n) is 1.65. The normalized spacial score (nSPS) is 10.8. The average molecular weight is 178 g/mol. The lowest BCUT2D eigenvalue weighted by Gasteiger charge is -1.94. The standard InChI is InChI=1S/C8H10N4O/c1-2-13-4-7-11-6-3-9-5-10-8(6)12-7/h3,5H,2,4H2,1H3,(H,9,10,11,12). The number of hydrogen-bond donors (Lipinski definition) is 1. The molecule has 13 heavy (non-hydrogen) atoms. The van der Waals surface area contributed by atoms with Gasteiger partial charge in [0, 0.05) is 6.61 Å². The zero-order valence-corrected chi connectivity index (χ0v) is 7.32. The molecular formula is C8H10N4O. The Morgan fingerprint density at radius 2 is 2.46 bits per heavy atom. The minimum atomic E-state index is 0.493. The van der Waals surface area contributed by atoms with Gasteiger partial charge in [0.15, 0.2) is 5.65 Å². The lowest BCUT2D eigenvalue weighted by molar-refractivity contribution is 0.129. The van der Waals surface area contributed by atoms with E-state index in [1.807, 2.05) is 6.92 Å². The average Bonchev–Trinajstić information content (AvgIpc) is 2.57. The van der Waals surface area contributed by atoms with Crippen molar-refractivity contribution in [1.82, 2.24) is 19.9 Å². The summed E-state index contributed by atoms with van der Waals surface area (Å²) in [4.78, 5) is 15.2. The summed E-state index contributed by atoms with van der Waals surface area (Å²) in [5.41, 5.74) is 1.53. The molecule has 0 aliphatic heterocycles. The first-order valence-corrected chi connectivity index (χ1v) is 4.12. The topological polar surface area (TPSA) is 63.7 Å². The number of rotatable bonds is 3. The van der Waals surface area contributed by atoms with Gasteiger partial charge in [-0.1, -0.05) is 0 Å². The van der Waals surface area contributed by atoms with E-state index in [2.05, 4.69) is 19.9 Å². The molecule has 0 spiro atoms. The Balaban J connectivity index is 2.28. The molecule has 5 nitrogen and oxygen atoms in total. The number of hydrogen-bond acceptors (Lipinski definition) is 4. The summed E-state index contributed by atoms with van der Waals surface area (Å²) in [5, 5.41) is 0. The lowest BCUT2D eigenvalue weighted by atomic mass is 10.6. The molecule has 2 aromatic rings. The van der Waals surface area contributed by atoms with Gasteiger partial charge in [-0.15, -0.1) is 0 Å². The highest BCUT2D eigenvalue weighted by Gasteiger charge is 2.01. The maximum absolute atomic E-state index is 5.21. The first kappa shape index (κ1) is 8.12. The number of aromatic nitrogens is 4. The van der Waals surface area contributed by atoms with Crippen molar-refractivity contribution < 1.29 is 4.74 Å². The van der Waals surface area contributed by atoms with Crippen molar-refractivity contribution in [3.63, 3.8) is 0 Å². The first-order chi connectivity index (χ1) is 6.40. The van der Waals surface area contributed by atoms with Gasteiger partial charge in [-0.3, -0.25) is 0 Å². The Kier molecular flexibility index (Phi) is 2.18. The zero-order chi connectivity index (χ0) is 9.10. The highest BCUT2D eigenvalue weighted by atomic mass is 16.5. The predicted molar refractivity (Wildman–Crippen MR) is 47.0 cm³/mol. The fourth-order valence-corrected chi connectivity index (χ4v) is 1.08. The Bertz CT molecular complexity index is 365. The van der Waals surface area contributed by atoms with Crippen LogP contribution in [-0.2, 0) is 11.3 Å². The third-order valence-corrected chi connectivity index (χ3v) is 1.65. The van der Waals surface area contributed by atoms with Crippen LogP contribution in [0.3, 0.4) is 0 Å². The molecule has 0 radical (unpaired) electrons. The van der Waals surface area contributed by atoms with E-state index in [-0.39, 0.29) is 0 Å². The van der Waals surface area contributed by atoms with Gasteiger partial charge < -0.3 is 9.72 Å². The monoisotopic (exact) mass is 178 g/mol. The molecule has 0 saturated carbocycles. The van der Waals surface area contributed by atoms with Gasteiger partial charge in [-0.05, 0) is 6.92 Å². The second-order valence-corrected chi connectivity index (χ2v) is 2.58. The minimum absolute atomic E-state index is 0.493. The smallest absolute Gasteiger partial charge is 0.180 e. The van der Waals surface area contributed by atoms with E-state index in [0.29, 0.717) is 18.9 Å². The number of ether oxygens (including phenoxy) is 1. The van der Waals surface area contributed by atoms with Crippen LogP contribution in [0.25, 0.3) is 11.2 Å². The summed E-state index contributed by atoms with van der Waals surface area (Å²) >= 11 is 0. The highest BCUT2D eigenvalue weighted by molar-refractivity contribution is 5.68. The van der Waals surface area contributed by atoms with E-state index in [1.165, 1.54) is 6.33 Å². The van der Waals surface area contributed by atoms with Crippen LogP contribution in [0.1, 0.15) is 12.7 Å². The largest absolute Gasteiger partial charge is 0.374 e. The highest BCUT2D eigenvalue weighted by Crippen LogP contribution is 2.06. The Morgan fingerprint density at radius 1 is 1.54 bits per heavy atom. The Hall–Kier alpha value is -1.49. The first-order valence-electron chi connectivity index (χ1n) is 4.12. The van der Waals surface area contributed by atoms with Gasteiger partial charge in [-0.25, -0.2) is 15.0 Å². The van der Waals surface area contributed by atoms with Crippen LogP contribution in [0.5, 0.6) is 0 Å². The SMILES string of the molecule is CCOCc1nc2ncncc2[nH]1. The number of fused-ring (bicyclic) bond motifs is 1. The van der Waals surface area contributed by atoms with Gasteiger partial charge in [0.25, 0.3) is 0 Å². The molecule has 0 aliphatic rings. The van der Waals surface area contributed by atoms with Gasteiger partial charge in [0.05, 0.1) is 6.20 Å². The number of imidazole rings is 1. The van der Waals surface area contributed by atoms with Crippen molar-refractivity contribution in [1.29, 1.82) is 0 Å². The van der Waals surface area contributed by atoms with E-state index in [1.54, 1.807) is 6.20 Å². The molecule has 0 saturated heterocycles. The van der Waals surface area contributed by atoms with E-state index < -0.39 is 0 Å². The molecule has 2 heterocycles. The van der Waals surface area contributed by atoms with Crippen LogP contribution in [-0.4, -0.2) is 26.5 Å². The predicted octanol–water partition coefficient (Wildman–Crippen LogP) is 0.889. The molecule has 5 heteroatoms.